The molecule has 1 heteroatoms. The smallest absolute Gasteiger partial charge is 0.00866 e. The van der Waals surface area contributed by atoms with Crippen LogP contribution in [0, 0.1) is 6.92 Å². The van der Waals surface area contributed by atoms with Crippen molar-refractivity contribution in [1.29, 1.82) is 0 Å². The molecule has 1 aromatic rings. The third-order valence-electron chi connectivity index (χ3n) is 1.69. The Morgan fingerprint density at radius 1 is 1.36 bits per heavy atom. The fraction of sp³-hybridized carbons (Fsp3) is 0.200. The van der Waals surface area contributed by atoms with E-state index < -0.39 is 0 Å². The van der Waals surface area contributed by atoms with Crippen LogP contribution in [-0.4, -0.2) is 0 Å². The highest BCUT2D eigenvalue weighted by Crippen LogP contribution is 2.08. The van der Waals surface area contributed by atoms with Gasteiger partial charge in [-0.3, -0.25) is 0 Å². The lowest BCUT2D eigenvalue weighted by atomic mass is 10.1. The van der Waals surface area contributed by atoms with E-state index in [4.69, 9.17) is 0 Å². The Balaban J connectivity index is 2.77. The molecule has 1 rings (SSSR count). The number of hydrogen-bond donors (Lipinski definition) is 0. The van der Waals surface area contributed by atoms with Crippen molar-refractivity contribution >= 4 is 15.9 Å². The normalized spacial score (nSPS) is 10.7. The summed E-state index contributed by atoms with van der Waals surface area (Å²) in [5.41, 5.74) is 2.75. The van der Waals surface area contributed by atoms with E-state index in [2.05, 4.69) is 53.2 Å². The van der Waals surface area contributed by atoms with Gasteiger partial charge in [-0.15, -0.1) is 0 Å². The average Bonchev–Trinajstić information content (AvgIpc) is 2.03. The summed E-state index contributed by atoms with van der Waals surface area (Å²) in [5, 5.41) is 0. The van der Waals surface area contributed by atoms with E-state index in [9.17, 15) is 0 Å². The van der Waals surface area contributed by atoms with Crippen LogP contribution in [0.5, 0.6) is 0 Å². The Labute approximate surface area is 76.1 Å². The zero-order valence-electron chi connectivity index (χ0n) is 6.55. The monoisotopic (exact) mass is 210 g/mol. The lowest BCUT2D eigenvalue weighted by molar-refractivity contribution is 1.22. The molecule has 0 atom stereocenters. The largest absolute Gasteiger partial charge is 0.0732 e. The third kappa shape index (κ3) is 2.51. The van der Waals surface area contributed by atoms with Crippen molar-refractivity contribution in [3.63, 3.8) is 0 Å². The summed E-state index contributed by atoms with van der Waals surface area (Å²) in [6.45, 7) is 2.14. The van der Waals surface area contributed by atoms with Gasteiger partial charge >= 0.3 is 0 Å². The van der Waals surface area contributed by atoms with E-state index in [1.807, 2.05) is 4.99 Å². The second kappa shape index (κ2) is 4.35. The number of benzene rings is 1. The Morgan fingerprint density at radius 3 is 2.73 bits per heavy atom. The molecule has 0 saturated heterocycles. The molecule has 0 saturated carbocycles. The standard InChI is InChI=1S/C10H11Br/c1-9-5-2-3-6-10(9)7-4-8-11/h2-6,8H,7H2,1H3. The van der Waals surface area contributed by atoms with Crippen molar-refractivity contribution in [3.8, 4) is 0 Å². The van der Waals surface area contributed by atoms with Gasteiger partial charge in [-0.05, 0) is 29.5 Å². The molecule has 0 N–H and O–H groups in total. The summed E-state index contributed by atoms with van der Waals surface area (Å²) in [4.78, 5) is 1.90. The van der Waals surface area contributed by atoms with E-state index in [1.54, 1.807) is 0 Å². The summed E-state index contributed by atoms with van der Waals surface area (Å²) >= 11 is 3.25. The van der Waals surface area contributed by atoms with Crippen LogP contribution in [0.15, 0.2) is 35.3 Å². The van der Waals surface area contributed by atoms with E-state index in [0.29, 0.717) is 0 Å². The summed E-state index contributed by atoms with van der Waals surface area (Å²) in [6.07, 6.45) is 3.11. The van der Waals surface area contributed by atoms with Gasteiger partial charge in [-0.2, -0.15) is 0 Å². The van der Waals surface area contributed by atoms with Crippen molar-refractivity contribution in [2.24, 2.45) is 0 Å². The second-order valence-corrected chi connectivity index (χ2v) is 3.02. The molecule has 0 nitrogen and oxygen atoms in total. The minimum Gasteiger partial charge on any atom is -0.0732 e. The van der Waals surface area contributed by atoms with Gasteiger partial charge in [-0.25, -0.2) is 0 Å². The lowest BCUT2D eigenvalue weighted by Gasteiger charge is -1.99. The number of allylic oxidation sites excluding steroid dienone is 1. The van der Waals surface area contributed by atoms with Crippen LogP contribution in [0.25, 0.3) is 0 Å². The molecule has 0 heterocycles. The van der Waals surface area contributed by atoms with Crippen LogP contribution in [0.2, 0.25) is 0 Å². The molecule has 1 aromatic carbocycles. The van der Waals surface area contributed by atoms with Gasteiger partial charge in [0, 0.05) is 0 Å². The van der Waals surface area contributed by atoms with Gasteiger partial charge in [0.05, 0.1) is 0 Å². The maximum atomic E-state index is 3.25. The lowest BCUT2D eigenvalue weighted by Crippen LogP contribution is -1.84. The quantitative estimate of drug-likeness (QED) is 0.702. The summed E-state index contributed by atoms with van der Waals surface area (Å²) < 4.78 is 0. The molecule has 0 bridgehead atoms. The highest BCUT2D eigenvalue weighted by molar-refractivity contribution is 9.11. The van der Waals surface area contributed by atoms with Crippen molar-refractivity contribution in [2.45, 2.75) is 13.3 Å². The number of hydrogen-bond acceptors (Lipinski definition) is 0. The first-order valence-corrected chi connectivity index (χ1v) is 4.56. The van der Waals surface area contributed by atoms with Gasteiger partial charge in [-0.1, -0.05) is 46.3 Å². The molecule has 0 aliphatic carbocycles. The van der Waals surface area contributed by atoms with E-state index in [-0.39, 0.29) is 0 Å². The third-order valence-corrected chi connectivity index (χ3v) is 2.06. The second-order valence-electron chi connectivity index (χ2n) is 2.49. The average molecular weight is 211 g/mol. The molecule has 0 aliphatic heterocycles. The fourth-order valence-electron chi connectivity index (χ4n) is 1.01. The molecule has 0 radical (unpaired) electrons. The van der Waals surface area contributed by atoms with Crippen molar-refractivity contribution in [1.82, 2.24) is 0 Å². The highest BCUT2D eigenvalue weighted by Gasteiger charge is 1.91. The van der Waals surface area contributed by atoms with Crippen molar-refractivity contribution in [2.75, 3.05) is 0 Å². The maximum Gasteiger partial charge on any atom is -0.00866 e. The molecule has 0 aliphatic rings. The molecule has 0 spiro atoms. The van der Waals surface area contributed by atoms with Gasteiger partial charge in [0.2, 0.25) is 0 Å². The van der Waals surface area contributed by atoms with E-state index in [0.717, 1.165) is 6.42 Å². The topological polar surface area (TPSA) is 0 Å². The zero-order valence-corrected chi connectivity index (χ0v) is 8.14. The Kier molecular flexibility index (Phi) is 3.37. The highest BCUT2D eigenvalue weighted by atomic mass is 79.9. The molecule has 0 aromatic heterocycles. The Hall–Kier alpha value is -0.560. The Morgan fingerprint density at radius 2 is 2.09 bits per heavy atom. The number of aryl methyl sites for hydroxylation is 1. The van der Waals surface area contributed by atoms with Crippen molar-refractivity contribution < 1.29 is 0 Å². The Bertz CT molecular complexity index is 251. The molecular weight excluding hydrogens is 200 g/mol. The van der Waals surface area contributed by atoms with Gasteiger partial charge in [0.25, 0.3) is 0 Å². The fourth-order valence-corrected chi connectivity index (χ4v) is 1.20. The first-order valence-electron chi connectivity index (χ1n) is 3.64. The van der Waals surface area contributed by atoms with Crippen LogP contribution >= 0.6 is 15.9 Å². The van der Waals surface area contributed by atoms with Gasteiger partial charge in [0.1, 0.15) is 0 Å². The first kappa shape index (κ1) is 8.54. The van der Waals surface area contributed by atoms with E-state index in [1.165, 1.54) is 11.1 Å². The maximum absolute atomic E-state index is 3.25. The molecule has 0 fully saturated rings. The minimum atomic E-state index is 1.01. The number of rotatable bonds is 2. The minimum absolute atomic E-state index is 1.01. The van der Waals surface area contributed by atoms with Crippen molar-refractivity contribution in [3.05, 3.63) is 46.5 Å². The summed E-state index contributed by atoms with van der Waals surface area (Å²) in [5.74, 6) is 0. The van der Waals surface area contributed by atoms with E-state index >= 15 is 0 Å². The molecule has 58 valence electrons. The summed E-state index contributed by atoms with van der Waals surface area (Å²) in [7, 11) is 0. The SMILES string of the molecule is Cc1ccccc1CC=CBr. The van der Waals surface area contributed by atoms with Crippen LogP contribution < -0.4 is 0 Å². The van der Waals surface area contributed by atoms with Crippen LogP contribution in [0.4, 0.5) is 0 Å². The van der Waals surface area contributed by atoms with Gasteiger partial charge < -0.3 is 0 Å². The molecule has 11 heavy (non-hydrogen) atoms. The van der Waals surface area contributed by atoms with Gasteiger partial charge in [0.15, 0.2) is 0 Å². The van der Waals surface area contributed by atoms with Crippen LogP contribution in [-0.2, 0) is 6.42 Å². The zero-order chi connectivity index (χ0) is 8.10. The molecular formula is C10H11Br. The predicted octanol–water partition coefficient (Wildman–Crippen LogP) is 3.45. The first-order chi connectivity index (χ1) is 5.34. The summed E-state index contributed by atoms with van der Waals surface area (Å²) in [6, 6.07) is 8.43. The number of halogens is 1. The molecule has 0 unspecified atom stereocenters. The van der Waals surface area contributed by atoms with Crippen LogP contribution in [0.1, 0.15) is 11.1 Å². The molecule has 0 amide bonds. The predicted molar refractivity (Wildman–Crippen MR) is 53.0 cm³/mol. The van der Waals surface area contributed by atoms with Crippen LogP contribution in [0.3, 0.4) is 0 Å².